The number of hydrogen-bond donors (Lipinski definition) is 1. The molecule has 0 radical (unpaired) electrons. The van der Waals surface area contributed by atoms with Gasteiger partial charge in [-0.05, 0) is 30.5 Å². The largest absolute Gasteiger partial charge is 0.462 e. The molecule has 1 aromatic rings. The number of hydrogen-bond acceptors (Lipinski definition) is 3. The first-order chi connectivity index (χ1) is 7.95. The van der Waals surface area contributed by atoms with Gasteiger partial charge in [0.15, 0.2) is 0 Å². The number of esters is 1. The van der Waals surface area contributed by atoms with Crippen molar-refractivity contribution < 1.29 is 18.7 Å². The lowest BCUT2D eigenvalue weighted by atomic mass is 10.1. The quantitative estimate of drug-likeness (QED) is 0.624. The summed E-state index contributed by atoms with van der Waals surface area (Å²) in [5.74, 6) is -2.01. The molecular formula is C12H14FNO3. The molecule has 0 fully saturated rings. The summed E-state index contributed by atoms with van der Waals surface area (Å²) in [7, 11) is 1.13. The molecule has 0 spiro atoms. The third-order valence-corrected chi connectivity index (χ3v) is 2.32. The van der Waals surface area contributed by atoms with Crippen LogP contribution in [0.3, 0.4) is 0 Å². The summed E-state index contributed by atoms with van der Waals surface area (Å²) in [6, 6.07) is 3.25. The van der Waals surface area contributed by atoms with Crippen molar-refractivity contribution in [3.8, 4) is 0 Å². The van der Waals surface area contributed by atoms with E-state index in [1.54, 1.807) is 26.0 Å². The maximum Gasteiger partial charge on any atom is 0.396 e. The summed E-state index contributed by atoms with van der Waals surface area (Å²) in [5, 5.41) is 2.39. The zero-order chi connectivity index (χ0) is 13.0. The van der Waals surface area contributed by atoms with Crippen LogP contribution in [0.2, 0.25) is 0 Å². The van der Waals surface area contributed by atoms with Crippen LogP contribution in [0.25, 0.3) is 0 Å². The lowest BCUT2D eigenvalue weighted by Gasteiger charge is -2.07. The Morgan fingerprint density at radius 1 is 1.29 bits per heavy atom. The fourth-order valence-corrected chi connectivity index (χ4v) is 1.48. The lowest BCUT2D eigenvalue weighted by Crippen LogP contribution is -2.31. The maximum absolute atomic E-state index is 13.3. The van der Waals surface area contributed by atoms with E-state index in [1.807, 2.05) is 0 Å². The predicted molar refractivity (Wildman–Crippen MR) is 59.7 cm³/mol. The van der Waals surface area contributed by atoms with Gasteiger partial charge in [0.1, 0.15) is 5.82 Å². The van der Waals surface area contributed by atoms with Crippen molar-refractivity contribution in [1.82, 2.24) is 5.32 Å². The fourth-order valence-electron chi connectivity index (χ4n) is 1.48. The predicted octanol–water partition coefficient (Wildman–Crippen LogP) is 1.23. The van der Waals surface area contributed by atoms with Crippen LogP contribution in [-0.4, -0.2) is 19.0 Å². The van der Waals surface area contributed by atoms with E-state index in [4.69, 9.17) is 0 Å². The van der Waals surface area contributed by atoms with Gasteiger partial charge in [-0.1, -0.05) is 12.1 Å². The van der Waals surface area contributed by atoms with Crippen molar-refractivity contribution in [2.75, 3.05) is 7.11 Å². The second-order valence-corrected chi connectivity index (χ2v) is 3.72. The molecule has 0 aliphatic carbocycles. The van der Waals surface area contributed by atoms with Crippen molar-refractivity contribution in [3.05, 3.63) is 34.6 Å². The minimum absolute atomic E-state index is 0.163. The number of methoxy groups -OCH3 is 1. The van der Waals surface area contributed by atoms with Gasteiger partial charge in [-0.15, -0.1) is 0 Å². The second kappa shape index (κ2) is 5.43. The van der Waals surface area contributed by atoms with E-state index in [2.05, 4.69) is 10.1 Å². The molecule has 5 heteroatoms. The van der Waals surface area contributed by atoms with Gasteiger partial charge in [0.05, 0.1) is 7.11 Å². The molecule has 0 bridgehead atoms. The number of aryl methyl sites for hydroxylation is 2. The minimum atomic E-state index is -0.944. The molecule has 0 aromatic heterocycles. The first-order valence-electron chi connectivity index (χ1n) is 5.07. The summed E-state index contributed by atoms with van der Waals surface area (Å²) in [5.41, 5.74) is 1.75. The van der Waals surface area contributed by atoms with Gasteiger partial charge in [-0.25, -0.2) is 9.18 Å². The Kier molecular flexibility index (Phi) is 4.20. The van der Waals surface area contributed by atoms with Crippen molar-refractivity contribution in [1.29, 1.82) is 0 Å². The van der Waals surface area contributed by atoms with E-state index in [1.165, 1.54) is 0 Å². The van der Waals surface area contributed by atoms with Crippen LogP contribution >= 0.6 is 0 Å². The summed E-state index contributed by atoms with van der Waals surface area (Å²) in [6.07, 6.45) is 0. The van der Waals surface area contributed by atoms with Crippen LogP contribution in [0, 0.1) is 19.7 Å². The van der Waals surface area contributed by atoms with Crippen LogP contribution in [0.5, 0.6) is 0 Å². The highest BCUT2D eigenvalue weighted by Gasteiger charge is 2.13. The molecule has 0 saturated carbocycles. The van der Waals surface area contributed by atoms with E-state index >= 15 is 0 Å². The smallest absolute Gasteiger partial charge is 0.396 e. The van der Waals surface area contributed by atoms with Crippen LogP contribution in [0.1, 0.15) is 16.7 Å². The topological polar surface area (TPSA) is 55.4 Å². The lowest BCUT2D eigenvalue weighted by molar-refractivity contribution is -0.152. The summed E-state index contributed by atoms with van der Waals surface area (Å²) in [4.78, 5) is 22.0. The Bertz CT molecular complexity index is 434. The van der Waals surface area contributed by atoms with E-state index in [0.717, 1.165) is 12.7 Å². The van der Waals surface area contributed by atoms with Crippen LogP contribution in [-0.2, 0) is 20.9 Å². The molecule has 0 heterocycles. The van der Waals surface area contributed by atoms with E-state index in [-0.39, 0.29) is 12.4 Å². The number of amides is 1. The Hall–Kier alpha value is -1.91. The molecule has 0 saturated heterocycles. The highest BCUT2D eigenvalue weighted by molar-refractivity contribution is 6.32. The maximum atomic E-state index is 13.3. The van der Waals surface area contributed by atoms with Gasteiger partial charge in [0, 0.05) is 6.54 Å². The number of carbonyl (C=O) groups is 2. The molecule has 1 rings (SSSR count). The van der Waals surface area contributed by atoms with Gasteiger partial charge >= 0.3 is 11.9 Å². The molecule has 1 N–H and O–H groups in total. The molecular weight excluding hydrogens is 225 g/mol. The van der Waals surface area contributed by atoms with E-state index in [0.29, 0.717) is 11.1 Å². The standard InChI is InChI=1S/C12H14FNO3/c1-7-4-9(5-8(2)10(7)13)6-14-11(15)12(16)17-3/h4-5H,6H2,1-3H3,(H,14,15). The average Bonchev–Trinajstić information content (AvgIpc) is 2.31. The molecule has 17 heavy (non-hydrogen) atoms. The third-order valence-electron chi connectivity index (χ3n) is 2.32. The highest BCUT2D eigenvalue weighted by Crippen LogP contribution is 2.14. The van der Waals surface area contributed by atoms with Crippen LogP contribution in [0.4, 0.5) is 4.39 Å². The number of halogens is 1. The van der Waals surface area contributed by atoms with Crippen molar-refractivity contribution in [3.63, 3.8) is 0 Å². The van der Waals surface area contributed by atoms with Gasteiger partial charge < -0.3 is 10.1 Å². The molecule has 0 aliphatic rings. The number of benzene rings is 1. The van der Waals surface area contributed by atoms with E-state index < -0.39 is 11.9 Å². The molecule has 92 valence electrons. The van der Waals surface area contributed by atoms with Gasteiger partial charge in [-0.2, -0.15) is 0 Å². The van der Waals surface area contributed by atoms with Crippen molar-refractivity contribution >= 4 is 11.9 Å². The highest BCUT2D eigenvalue weighted by atomic mass is 19.1. The summed E-state index contributed by atoms with van der Waals surface area (Å²) in [6.45, 7) is 3.46. The van der Waals surface area contributed by atoms with Gasteiger partial charge in [-0.3, -0.25) is 4.79 Å². The molecule has 1 aromatic carbocycles. The Balaban J connectivity index is 2.71. The second-order valence-electron chi connectivity index (χ2n) is 3.72. The number of ether oxygens (including phenoxy) is 1. The van der Waals surface area contributed by atoms with Gasteiger partial charge in [0.2, 0.25) is 0 Å². The first kappa shape index (κ1) is 13.2. The SMILES string of the molecule is COC(=O)C(=O)NCc1cc(C)c(F)c(C)c1. The normalized spacial score (nSPS) is 9.88. The third kappa shape index (κ3) is 3.27. The fraction of sp³-hybridized carbons (Fsp3) is 0.333. The monoisotopic (exact) mass is 239 g/mol. The minimum Gasteiger partial charge on any atom is -0.462 e. The van der Waals surface area contributed by atoms with Crippen LogP contribution < -0.4 is 5.32 Å². The molecule has 0 atom stereocenters. The average molecular weight is 239 g/mol. The molecule has 0 aliphatic heterocycles. The number of carbonyl (C=O) groups excluding carboxylic acids is 2. The van der Waals surface area contributed by atoms with Gasteiger partial charge in [0.25, 0.3) is 0 Å². The van der Waals surface area contributed by atoms with E-state index in [9.17, 15) is 14.0 Å². The number of rotatable bonds is 2. The molecule has 0 unspecified atom stereocenters. The molecule has 1 amide bonds. The number of nitrogens with one attached hydrogen (secondary N) is 1. The first-order valence-corrected chi connectivity index (χ1v) is 5.07. The van der Waals surface area contributed by atoms with Crippen LogP contribution in [0.15, 0.2) is 12.1 Å². The van der Waals surface area contributed by atoms with Crippen molar-refractivity contribution in [2.45, 2.75) is 20.4 Å². The Morgan fingerprint density at radius 2 is 1.82 bits per heavy atom. The summed E-state index contributed by atoms with van der Waals surface area (Å²) < 4.78 is 17.6. The zero-order valence-corrected chi connectivity index (χ0v) is 9.96. The Morgan fingerprint density at radius 3 is 2.29 bits per heavy atom. The zero-order valence-electron chi connectivity index (χ0n) is 9.96. The summed E-state index contributed by atoms with van der Waals surface area (Å²) >= 11 is 0. The Labute approximate surface area is 98.8 Å². The molecule has 4 nitrogen and oxygen atoms in total. The van der Waals surface area contributed by atoms with Crippen molar-refractivity contribution in [2.24, 2.45) is 0 Å².